The van der Waals surface area contributed by atoms with Gasteiger partial charge in [-0.1, -0.05) is 0 Å². The topological polar surface area (TPSA) is 53.6 Å². The minimum Gasteiger partial charge on any atom is -0.443 e. The number of fused-ring (bicyclic) bond motifs is 1. The summed E-state index contributed by atoms with van der Waals surface area (Å²) >= 11 is 0. The first-order valence-corrected chi connectivity index (χ1v) is 6.45. The predicted octanol–water partition coefficient (Wildman–Crippen LogP) is 1.25. The van der Waals surface area contributed by atoms with Crippen LogP contribution in [-0.4, -0.2) is 41.9 Å². The van der Waals surface area contributed by atoms with Crippen LogP contribution in [0.25, 0.3) is 0 Å². The Hall–Kier alpha value is -0.810. The van der Waals surface area contributed by atoms with Crippen LogP contribution in [0, 0.1) is 0 Å². The van der Waals surface area contributed by atoms with Gasteiger partial charge in [0.25, 0.3) is 0 Å². The van der Waals surface area contributed by atoms with Gasteiger partial charge in [-0.15, -0.1) is 0 Å². The highest BCUT2D eigenvalue weighted by Gasteiger charge is 2.36. The van der Waals surface area contributed by atoms with E-state index in [1.54, 1.807) is 0 Å². The van der Waals surface area contributed by atoms with E-state index in [9.17, 15) is 4.79 Å². The fourth-order valence-electron chi connectivity index (χ4n) is 2.63. The lowest BCUT2D eigenvalue weighted by Crippen LogP contribution is -2.56. The Morgan fingerprint density at radius 2 is 2.18 bits per heavy atom. The van der Waals surface area contributed by atoms with E-state index in [4.69, 9.17) is 4.74 Å². The average Bonchev–Trinajstić information content (AvgIpc) is 2.63. The lowest BCUT2D eigenvalue weighted by Gasteiger charge is -2.37. The van der Waals surface area contributed by atoms with Gasteiger partial charge in [0.15, 0.2) is 0 Å². The molecule has 2 unspecified atom stereocenters. The molecular weight excluding hydrogens is 218 g/mol. The first kappa shape index (κ1) is 12.6. The molecule has 2 aliphatic heterocycles. The number of hydrazine groups is 1. The summed E-state index contributed by atoms with van der Waals surface area (Å²) in [5.74, 6) is 0. The molecule has 2 saturated heterocycles. The van der Waals surface area contributed by atoms with Gasteiger partial charge in [0.1, 0.15) is 5.60 Å². The zero-order chi connectivity index (χ0) is 12.5. The molecule has 0 aliphatic carbocycles. The van der Waals surface area contributed by atoms with Crippen LogP contribution in [0.1, 0.15) is 40.0 Å². The molecule has 1 amide bonds. The van der Waals surface area contributed by atoms with Crippen molar-refractivity contribution in [2.75, 3.05) is 13.1 Å². The number of nitrogens with zero attached hydrogens (tertiary/aromatic N) is 1. The number of nitrogens with one attached hydrogen (secondary N) is 2. The van der Waals surface area contributed by atoms with Crippen molar-refractivity contribution in [2.24, 2.45) is 0 Å². The van der Waals surface area contributed by atoms with Crippen molar-refractivity contribution < 1.29 is 9.53 Å². The van der Waals surface area contributed by atoms with E-state index in [-0.39, 0.29) is 6.09 Å². The van der Waals surface area contributed by atoms with Crippen LogP contribution >= 0.6 is 0 Å². The Kier molecular flexibility index (Phi) is 3.58. The number of hydrogen-bond acceptors (Lipinski definition) is 4. The molecule has 0 aromatic carbocycles. The molecular formula is C12H23N3O2. The van der Waals surface area contributed by atoms with Gasteiger partial charge >= 0.3 is 6.09 Å². The van der Waals surface area contributed by atoms with Crippen LogP contribution in [0.3, 0.4) is 0 Å². The van der Waals surface area contributed by atoms with Gasteiger partial charge in [-0.05, 0) is 46.6 Å². The Morgan fingerprint density at radius 1 is 1.41 bits per heavy atom. The zero-order valence-corrected chi connectivity index (χ0v) is 11.0. The van der Waals surface area contributed by atoms with E-state index < -0.39 is 5.60 Å². The molecule has 5 heteroatoms. The molecule has 0 bridgehead atoms. The standard InChI is InChI=1S/C12H23N3O2/c1-12(2,3)17-11(16)14-15-8-4-5-9-10(15)6-7-13-9/h9-10,13H,4-8H2,1-3H3,(H,14,16). The Bertz CT molecular complexity index is 288. The second-order valence-corrected chi connectivity index (χ2v) is 5.87. The van der Waals surface area contributed by atoms with E-state index in [1.807, 2.05) is 25.8 Å². The zero-order valence-electron chi connectivity index (χ0n) is 11.0. The van der Waals surface area contributed by atoms with Crippen molar-refractivity contribution in [1.29, 1.82) is 0 Å². The predicted molar refractivity (Wildman–Crippen MR) is 65.5 cm³/mol. The van der Waals surface area contributed by atoms with E-state index >= 15 is 0 Å². The summed E-state index contributed by atoms with van der Waals surface area (Å²) in [6.45, 7) is 7.60. The molecule has 0 saturated carbocycles. The number of piperidine rings is 1. The molecule has 2 fully saturated rings. The highest BCUT2D eigenvalue weighted by molar-refractivity contribution is 5.67. The Morgan fingerprint density at radius 3 is 2.88 bits per heavy atom. The number of hydrogen-bond donors (Lipinski definition) is 2. The number of amides is 1. The summed E-state index contributed by atoms with van der Waals surface area (Å²) in [6, 6.07) is 0.954. The lowest BCUT2D eigenvalue weighted by molar-refractivity contribution is 0.0156. The summed E-state index contributed by atoms with van der Waals surface area (Å²) < 4.78 is 5.28. The molecule has 0 radical (unpaired) electrons. The smallest absolute Gasteiger partial charge is 0.422 e. The molecule has 2 heterocycles. The monoisotopic (exact) mass is 241 g/mol. The van der Waals surface area contributed by atoms with Crippen molar-refractivity contribution in [3.63, 3.8) is 0 Å². The fraction of sp³-hybridized carbons (Fsp3) is 0.917. The van der Waals surface area contributed by atoms with Gasteiger partial charge in [0.05, 0.1) is 0 Å². The number of carbonyl (C=O) groups is 1. The average molecular weight is 241 g/mol. The molecule has 2 N–H and O–H groups in total. The van der Waals surface area contributed by atoms with Crippen molar-refractivity contribution in [3.8, 4) is 0 Å². The van der Waals surface area contributed by atoms with Crippen molar-refractivity contribution in [1.82, 2.24) is 15.8 Å². The van der Waals surface area contributed by atoms with Crippen molar-refractivity contribution in [2.45, 2.75) is 57.7 Å². The molecule has 17 heavy (non-hydrogen) atoms. The molecule has 98 valence electrons. The molecule has 2 aliphatic rings. The molecule has 0 aromatic rings. The maximum atomic E-state index is 11.7. The third-order valence-corrected chi connectivity index (χ3v) is 3.26. The first-order chi connectivity index (χ1) is 7.96. The Labute approximate surface area is 103 Å². The second kappa shape index (κ2) is 4.82. The van der Waals surface area contributed by atoms with Crippen LogP contribution in [0.4, 0.5) is 4.79 Å². The minimum absolute atomic E-state index is 0.343. The van der Waals surface area contributed by atoms with Crippen LogP contribution in [0.15, 0.2) is 0 Å². The van der Waals surface area contributed by atoms with Crippen LogP contribution in [0.2, 0.25) is 0 Å². The normalized spacial score (nSPS) is 29.8. The second-order valence-electron chi connectivity index (χ2n) is 5.87. The van der Waals surface area contributed by atoms with Crippen molar-refractivity contribution >= 4 is 6.09 Å². The summed E-state index contributed by atoms with van der Waals surface area (Å²) in [4.78, 5) is 11.7. The molecule has 0 aromatic heterocycles. The minimum atomic E-state index is -0.437. The fourth-order valence-corrected chi connectivity index (χ4v) is 2.63. The highest BCUT2D eigenvalue weighted by atomic mass is 16.6. The summed E-state index contributed by atoms with van der Waals surface area (Å²) in [5.41, 5.74) is 2.44. The molecule has 0 spiro atoms. The maximum absolute atomic E-state index is 11.7. The van der Waals surface area contributed by atoms with Gasteiger partial charge in [-0.2, -0.15) is 0 Å². The Balaban J connectivity index is 1.87. The van der Waals surface area contributed by atoms with Crippen molar-refractivity contribution in [3.05, 3.63) is 0 Å². The van der Waals surface area contributed by atoms with E-state index in [0.29, 0.717) is 12.1 Å². The SMILES string of the molecule is CC(C)(C)OC(=O)NN1CCCC2NCCC21. The lowest BCUT2D eigenvalue weighted by atomic mass is 9.99. The quantitative estimate of drug-likeness (QED) is 0.725. The van der Waals surface area contributed by atoms with Gasteiger partial charge in [-0.3, -0.25) is 5.43 Å². The van der Waals surface area contributed by atoms with Gasteiger partial charge in [-0.25, -0.2) is 9.80 Å². The largest absolute Gasteiger partial charge is 0.443 e. The summed E-state index contributed by atoms with van der Waals surface area (Å²) in [6.07, 6.45) is 3.08. The first-order valence-electron chi connectivity index (χ1n) is 6.45. The van der Waals surface area contributed by atoms with Gasteiger partial charge < -0.3 is 10.1 Å². The van der Waals surface area contributed by atoms with E-state index in [2.05, 4.69) is 10.7 Å². The number of ether oxygens (including phenoxy) is 1. The third kappa shape index (κ3) is 3.33. The number of carbonyl (C=O) groups excluding carboxylic acids is 1. The highest BCUT2D eigenvalue weighted by Crippen LogP contribution is 2.22. The van der Waals surface area contributed by atoms with E-state index in [0.717, 1.165) is 25.9 Å². The molecule has 5 nitrogen and oxygen atoms in total. The van der Waals surface area contributed by atoms with Gasteiger partial charge in [0.2, 0.25) is 0 Å². The van der Waals surface area contributed by atoms with Crippen LogP contribution in [-0.2, 0) is 4.74 Å². The summed E-state index contributed by atoms with van der Waals surface area (Å²) in [5, 5.41) is 5.52. The third-order valence-electron chi connectivity index (χ3n) is 3.26. The maximum Gasteiger partial charge on any atom is 0.422 e. The number of rotatable bonds is 1. The summed E-state index contributed by atoms with van der Waals surface area (Å²) in [7, 11) is 0. The van der Waals surface area contributed by atoms with Gasteiger partial charge in [0, 0.05) is 18.6 Å². The van der Waals surface area contributed by atoms with E-state index in [1.165, 1.54) is 6.42 Å². The van der Waals surface area contributed by atoms with Crippen LogP contribution < -0.4 is 10.7 Å². The van der Waals surface area contributed by atoms with Crippen LogP contribution in [0.5, 0.6) is 0 Å². The molecule has 2 atom stereocenters. The molecule has 2 rings (SSSR count).